The maximum absolute atomic E-state index is 13.1. The lowest BCUT2D eigenvalue weighted by atomic mass is 9.81. The summed E-state index contributed by atoms with van der Waals surface area (Å²) in [5.74, 6) is -0.182. The molecule has 3 rings (SSSR count). The summed E-state index contributed by atoms with van der Waals surface area (Å²) in [6.45, 7) is 7.66. The van der Waals surface area contributed by atoms with Crippen molar-refractivity contribution in [3.8, 4) is 0 Å². The highest BCUT2D eigenvalue weighted by Crippen LogP contribution is 2.32. The van der Waals surface area contributed by atoms with Crippen molar-refractivity contribution in [2.24, 2.45) is 0 Å². The average molecular weight is 283 g/mol. The molecule has 0 saturated heterocycles. The van der Waals surface area contributed by atoms with E-state index in [4.69, 9.17) is 0 Å². The number of benzene rings is 2. The Bertz CT molecular complexity index is 638. The van der Waals surface area contributed by atoms with Crippen LogP contribution in [0, 0.1) is 5.82 Å². The summed E-state index contributed by atoms with van der Waals surface area (Å²) >= 11 is 0. The Labute approximate surface area is 126 Å². The first-order valence-corrected chi connectivity index (χ1v) is 7.57. The van der Waals surface area contributed by atoms with E-state index in [0.29, 0.717) is 0 Å². The number of halogens is 1. The van der Waals surface area contributed by atoms with Gasteiger partial charge in [0.15, 0.2) is 0 Å². The molecule has 1 aliphatic rings. The SMILES string of the molecule is CC(C)(C)c1ccc2c(c1)C(c1ccc(F)cc1)NCC2. The molecule has 0 bridgehead atoms. The van der Waals surface area contributed by atoms with Crippen molar-refractivity contribution < 1.29 is 4.39 Å². The zero-order valence-corrected chi connectivity index (χ0v) is 12.9. The van der Waals surface area contributed by atoms with Crippen molar-refractivity contribution in [2.75, 3.05) is 6.54 Å². The smallest absolute Gasteiger partial charge is 0.123 e. The van der Waals surface area contributed by atoms with Crippen LogP contribution in [-0.4, -0.2) is 6.54 Å². The highest BCUT2D eigenvalue weighted by Gasteiger charge is 2.23. The van der Waals surface area contributed by atoms with Crippen LogP contribution in [0.2, 0.25) is 0 Å². The van der Waals surface area contributed by atoms with Gasteiger partial charge in [-0.05, 0) is 46.2 Å². The van der Waals surface area contributed by atoms with Crippen LogP contribution >= 0.6 is 0 Å². The highest BCUT2D eigenvalue weighted by atomic mass is 19.1. The van der Waals surface area contributed by atoms with E-state index in [-0.39, 0.29) is 17.3 Å². The van der Waals surface area contributed by atoms with E-state index in [9.17, 15) is 4.39 Å². The molecule has 1 atom stereocenters. The van der Waals surface area contributed by atoms with E-state index in [2.05, 4.69) is 44.3 Å². The molecule has 0 saturated carbocycles. The predicted molar refractivity (Wildman–Crippen MR) is 85.1 cm³/mol. The van der Waals surface area contributed by atoms with Crippen LogP contribution in [0.15, 0.2) is 42.5 Å². The van der Waals surface area contributed by atoms with Crippen molar-refractivity contribution in [1.82, 2.24) is 5.32 Å². The summed E-state index contributed by atoms with van der Waals surface area (Å²) in [5.41, 5.74) is 5.34. The molecule has 0 spiro atoms. The van der Waals surface area contributed by atoms with Crippen LogP contribution in [0.1, 0.15) is 49.1 Å². The van der Waals surface area contributed by atoms with Gasteiger partial charge >= 0.3 is 0 Å². The first kappa shape index (κ1) is 14.3. The number of rotatable bonds is 1. The maximum Gasteiger partial charge on any atom is 0.123 e. The molecule has 1 aliphatic heterocycles. The summed E-state index contributed by atoms with van der Waals surface area (Å²) in [4.78, 5) is 0. The summed E-state index contributed by atoms with van der Waals surface area (Å²) in [7, 11) is 0. The molecule has 0 aromatic heterocycles. The molecule has 1 N–H and O–H groups in total. The Morgan fingerprint density at radius 3 is 2.43 bits per heavy atom. The molecule has 0 aliphatic carbocycles. The van der Waals surface area contributed by atoms with E-state index in [1.54, 1.807) is 12.1 Å². The Kier molecular flexibility index (Phi) is 3.58. The van der Waals surface area contributed by atoms with Crippen LogP contribution in [0.3, 0.4) is 0 Å². The second kappa shape index (κ2) is 5.27. The van der Waals surface area contributed by atoms with Gasteiger partial charge in [-0.3, -0.25) is 0 Å². The van der Waals surface area contributed by atoms with Crippen LogP contribution < -0.4 is 5.32 Å². The van der Waals surface area contributed by atoms with Crippen LogP contribution in [0.4, 0.5) is 4.39 Å². The molecule has 1 unspecified atom stereocenters. The maximum atomic E-state index is 13.1. The fraction of sp³-hybridized carbons (Fsp3) is 0.368. The Balaban J connectivity index is 2.05. The fourth-order valence-electron chi connectivity index (χ4n) is 2.97. The summed E-state index contributed by atoms with van der Waals surface area (Å²) in [6, 6.07) is 13.8. The van der Waals surface area contributed by atoms with Crippen molar-refractivity contribution in [1.29, 1.82) is 0 Å². The number of hydrogen-bond donors (Lipinski definition) is 1. The van der Waals surface area contributed by atoms with E-state index in [1.807, 2.05) is 12.1 Å². The minimum atomic E-state index is -0.182. The van der Waals surface area contributed by atoms with Gasteiger partial charge in [-0.15, -0.1) is 0 Å². The Morgan fingerprint density at radius 2 is 1.76 bits per heavy atom. The molecule has 1 heterocycles. The standard InChI is InChI=1S/C19H22FN/c1-19(2,3)15-7-4-13-10-11-21-18(17(13)12-15)14-5-8-16(20)9-6-14/h4-9,12,18,21H,10-11H2,1-3H3. The van der Waals surface area contributed by atoms with Gasteiger partial charge in [0, 0.05) is 6.54 Å². The third kappa shape index (κ3) is 2.86. The lowest BCUT2D eigenvalue weighted by Crippen LogP contribution is -2.31. The zero-order chi connectivity index (χ0) is 15.0. The molecule has 0 radical (unpaired) electrons. The minimum Gasteiger partial charge on any atom is -0.306 e. The van der Waals surface area contributed by atoms with Crippen LogP contribution in [0.25, 0.3) is 0 Å². The largest absolute Gasteiger partial charge is 0.306 e. The van der Waals surface area contributed by atoms with Crippen molar-refractivity contribution in [3.63, 3.8) is 0 Å². The van der Waals surface area contributed by atoms with Gasteiger partial charge in [-0.25, -0.2) is 4.39 Å². The molecular weight excluding hydrogens is 261 g/mol. The van der Waals surface area contributed by atoms with E-state index in [0.717, 1.165) is 18.5 Å². The quantitative estimate of drug-likeness (QED) is 0.820. The topological polar surface area (TPSA) is 12.0 Å². The Morgan fingerprint density at radius 1 is 1.05 bits per heavy atom. The van der Waals surface area contributed by atoms with Crippen molar-refractivity contribution in [2.45, 2.75) is 38.6 Å². The third-order valence-corrected chi connectivity index (χ3v) is 4.27. The normalized spacial score (nSPS) is 18.4. The lowest BCUT2D eigenvalue weighted by Gasteiger charge is -2.30. The predicted octanol–water partition coefficient (Wildman–Crippen LogP) is 4.36. The van der Waals surface area contributed by atoms with Crippen molar-refractivity contribution in [3.05, 3.63) is 70.5 Å². The molecule has 0 amide bonds. The number of fused-ring (bicyclic) bond motifs is 1. The fourth-order valence-corrected chi connectivity index (χ4v) is 2.97. The summed E-state index contributed by atoms with van der Waals surface area (Å²) in [6.07, 6.45) is 1.05. The van der Waals surface area contributed by atoms with Crippen molar-refractivity contribution >= 4 is 0 Å². The molecule has 1 nitrogen and oxygen atoms in total. The monoisotopic (exact) mass is 283 g/mol. The minimum absolute atomic E-state index is 0.139. The van der Waals surface area contributed by atoms with Gasteiger partial charge in [-0.1, -0.05) is 51.1 Å². The molecular formula is C19H22FN. The molecule has 2 aromatic rings. The average Bonchev–Trinajstić information content (AvgIpc) is 2.46. The molecule has 2 aromatic carbocycles. The van der Waals surface area contributed by atoms with Gasteiger partial charge in [0.2, 0.25) is 0 Å². The lowest BCUT2D eigenvalue weighted by molar-refractivity contribution is 0.554. The van der Waals surface area contributed by atoms with Gasteiger partial charge in [-0.2, -0.15) is 0 Å². The highest BCUT2D eigenvalue weighted by molar-refractivity contribution is 5.43. The van der Waals surface area contributed by atoms with Crippen LogP contribution in [-0.2, 0) is 11.8 Å². The summed E-state index contributed by atoms with van der Waals surface area (Å²) < 4.78 is 13.1. The second-order valence-corrected chi connectivity index (χ2v) is 6.85. The first-order valence-electron chi connectivity index (χ1n) is 7.57. The van der Waals surface area contributed by atoms with Gasteiger partial charge in [0.05, 0.1) is 6.04 Å². The Hall–Kier alpha value is -1.67. The second-order valence-electron chi connectivity index (χ2n) is 6.85. The zero-order valence-electron chi connectivity index (χ0n) is 12.9. The number of hydrogen-bond acceptors (Lipinski definition) is 1. The summed E-state index contributed by atoms with van der Waals surface area (Å²) in [5, 5.41) is 3.57. The molecule has 0 fully saturated rings. The van der Waals surface area contributed by atoms with Gasteiger partial charge in [0.25, 0.3) is 0 Å². The van der Waals surface area contributed by atoms with E-state index in [1.165, 1.54) is 16.7 Å². The van der Waals surface area contributed by atoms with Crippen LogP contribution in [0.5, 0.6) is 0 Å². The third-order valence-electron chi connectivity index (χ3n) is 4.27. The molecule has 110 valence electrons. The molecule has 2 heteroatoms. The van der Waals surface area contributed by atoms with E-state index >= 15 is 0 Å². The molecule has 21 heavy (non-hydrogen) atoms. The number of nitrogens with one attached hydrogen (secondary N) is 1. The van der Waals surface area contributed by atoms with Gasteiger partial charge in [0.1, 0.15) is 5.82 Å². The van der Waals surface area contributed by atoms with E-state index < -0.39 is 0 Å². The first-order chi connectivity index (χ1) is 9.95. The van der Waals surface area contributed by atoms with Gasteiger partial charge < -0.3 is 5.32 Å².